The number of benzene rings is 1. The van der Waals surface area contributed by atoms with Gasteiger partial charge >= 0.3 is 0 Å². The highest BCUT2D eigenvalue weighted by atomic mass is 16.1. The van der Waals surface area contributed by atoms with Crippen LogP contribution in [0.1, 0.15) is 28.9 Å². The molecule has 0 aliphatic carbocycles. The van der Waals surface area contributed by atoms with Crippen LogP contribution in [0.15, 0.2) is 47.4 Å². The van der Waals surface area contributed by atoms with Crippen molar-refractivity contribution in [2.24, 2.45) is 7.05 Å². The maximum Gasteiger partial charge on any atom is 0.276 e. The van der Waals surface area contributed by atoms with Crippen molar-refractivity contribution < 1.29 is 4.79 Å². The fourth-order valence-electron chi connectivity index (χ4n) is 3.59. The Labute approximate surface area is 169 Å². The van der Waals surface area contributed by atoms with Gasteiger partial charge in [0.1, 0.15) is 5.52 Å². The molecule has 0 saturated carbocycles. The van der Waals surface area contributed by atoms with Crippen molar-refractivity contribution in [1.29, 1.82) is 0 Å². The zero-order valence-electron chi connectivity index (χ0n) is 17.3. The van der Waals surface area contributed by atoms with Crippen LogP contribution in [0.25, 0.3) is 10.9 Å². The second-order valence-corrected chi connectivity index (χ2v) is 7.22. The largest absolute Gasteiger partial charge is 0.362 e. The van der Waals surface area contributed by atoms with E-state index in [1.54, 1.807) is 32.4 Å². The SMILES string of the molecule is CNC(=O)c1ccc([C@@H]([C@H](C)Nc2nn(C)c(=O)c3cccnc23)N(C)C)cc1. The van der Waals surface area contributed by atoms with E-state index in [4.69, 9.17) is 0 Å². The Morgan fingerprint density at radius 3 is 2.48 bits per heavy atom. The van der Waals surface area contributed by atoms with Crippen LogP contribution in [0.3, 0.4) is 0 Å². The quantitative estimate of drug-likeness (QED) is 0.662. The standard InChI is InChI=1S/C21H26N6O2/c1-13(18(26(3)4)14-8-10-15(11-9-14)20(28)22-2)24-19-17-16(7-6-12-23-17)21(29)27(5)25-19/h6-13,18H,1-5H3,(H,22,28)(H,24,25)/t13-,18+/m0/s1. The number of hydrogen-bond acceptors (Lipinski definition) is 6. The summed E-state index contributed by atoms with van der Waals surface area (Å²) in [6, 6.07) is 11.0. The predicted molar refractivity (Wildman–Crippen MR) is 114 cm³/mol. The van der Waals surface area contributed by atoms with Gasteiger partial charge in [0.15, 0.2) is 5.82 Å². The molecule has 0 radical (unpaired) electrons. The topological polar surface area (TPSA) is 92.2 Å². The van der Waals surface area contributed by atoms with Gasteiger partial charge in [0.2, 0.25) is 0 Å². The molecule has 1 aromatic carbocycles. The summed E-state index contributed by atoms with van der Waals surface area (Å²) in [5.74, 6) is 0.445. The van der Waals surface area contributed by atoms with E-state index in [9.17, 15) is 9.59 Å². The van der Waals surface area contributed by atoms with Crippen LogP contribution in [0.4, 0.5) is 5.82 Å². The lowest BCUT2D eigenvalue weighted by Gasteiger charge is -2.31. The highest BCUT2D eigenvalue weighted by Crippen LogP contribution is 2.26. The molecule has 29 heavy (non-hydrogen) atoms. The lowest BCUT2D eigenvalue weighted by molar-refractivity contribution is 0.0963. The molecule has 2 aromatic heterocycles. The molecule has 2 heterocycles. The first kappa shape index (κ1) is 20.5. The number of aromatic nitrogens is 3. The first-order chi connectivity index (χ1) is 13.8. The number of pyridine rings is 1. The number of aryl methyl sites for hydroxylation is 1. The van der Waals surface area contributed by atoms with Crippen molar-refractivity contribution in [3.63, 3.8) is 0 Å². The Morgan fingerprint density at radius 1 is 1.17 bits per heavy atom. The first-order valence-electron chi connectivity index (χ1n) is 9.40. The molecule has 0 aliphatic rings. The number of likely N-dealkylation sites (N-methyl/N-ethyl adjacent to an activating group) is 1. The molecule has 3 rings (SSSR count). The fourth-order valence-corrected chi connectivity index (χ4v) is 3.59. The summed E-state index contributed by atoms with van der Waals surface area (Å²) >= 11 is 0. The average Bonchev–Trinajstić information content (AvgIpc) is 2.71. The van der Waals surface area contributed by atoms with Gasteiger partial charge in [-0.3, -0.25) is 14.6 Å². The summed E-state index contributed by atoms with van der Waals surface area (Å²) in [5, 5.41) is 11.0. The lowest BCUT2D eigenvalue weighted by atomic mass is 9.98. The van der Waals surface area contributed by atoms with Crippen molar-refractivity contribution in [1.82, 2.24) is 25.0 Å². The summed E-state index contributed by atoms with van der Waals surface area (Å²) in [7, 11) is 7.25. The number of hydrogen-bond donors (Lipinski definition) is 2. The minimum atomic E-state index is -0.180. The van der Waals surface area contributed by atoms with Crippen molar-refractivity contribution in [3.05, 3.63) is 64.1 Å². The molecule has 0 bridgehead atoms. The van der Waals surface area contributed by atoms with Gasteiger partial charge in [0.25, 0.3) is 11.5 Å². The monoisotopic (exact) mass is 394 g/mol. The Hall–Kier alpha value is -3.26. The fraction of sp³-hybridized carbons (Fsp3) is 0.333. The van der Waals surface area contributed by atoms with Crippen molar-refractivity contribution in [2.75, 3.05) is 26.5 Å². The second kappa shape index (κ2) is 8.40. The summed E-state index contributed by atoms with van der Waals surface area (Å²) in [6.45, 7) is 2.05. The molecule has 152 valence electrons. The molecule has 0 spiro atoms. The number of rotatable bonds is 6. The number of carbonyl (C=O) groups excluding carboxylic acids is 1. The normalized spacial score (nSPS) is 13.3. The van der Waals surface area contributed by atoms with Crippen LogP contribution in [0.5, 0.6) is 0 Å². The van der Waals surface area contributed by atoms with Crippen LogP contribution >= 0.6 is 0 Å². The van der Waals surface area contributed by atoms with Crippen molar-refractivity contribution >= 4 is 22.6 Å². The van der Waals surface area contributed by atoms with Gasteiger partial charge in [-0.1, -0.05) is 12.1 Å². The number of fused-ring (bicyclic) bond motifs is 1. The van der Waals surface area contributed by atoms with Crippen molar-refractivity contribution in [2.45, 2.75) is 19.0 Å². The van der Waals surface area contributed by atoms with Crippen molar-refractivity contribution in [3.8, 4) is 0 Å². The number of carbonyl (C=O) groups is 1. The Bertz CT molecular complexity index is 1070. The maximum absolute atomic E-state index is 12.3. The molecule has 1 amide bonds. The zero-order chi connectivity index (χ0) is 21.1. The molecule has 2 atom stereocenters. The zero-order valence-corrected chi connectivity index (χ0v) is 17.3. The van der Waals surface area contributed by atoms with Gasteiger partial charge in [0.05, 0.1) is 11.4 Å². The highest BCUT2D eigenvalue weighted by molar-refractivity contribution is 5.94. The van der Waals surface area contributed by atoms with E-state index in [-0.39, 0.29) is 23.6 Å². The first-order valence-corrected chi connectivity index (χ1v) is 9.40. The highest BCUT2D eigenvalue weighted by Gasteiger charge is 2.23. The van der Waals surface area contributed by atoms with Crippen LogP contribution in [0.2, 0.25) is 0 Å². The van der Waals surface area contributed by atoms with Gasteiger partial charge in [-0.15, -0.1) is 0 Å². The average molecular weight is 394 g/mol. The van der Waals surface area contributed by atoms with E-state index in [0.717, 1.165) is 5.56 Å². The van der Waals surface area contributed by atoms with Gasteiger partial charge in [-0.2, -0.15) is 5.10 Å². The van der Waals surface area contributed by atoms with E-state index < -0.39 is 0 Å². The summed E-state index contributed by atoms with van der Waals surface area (Å²) in [6.07, 6.45) is 1.65. The molecular weight excluding hydrogens is 368 g/mol. The third-order valence-corrected chi connectivity index (χ3v) is 4.94. The third kappa shape index (κ3) is 4.12. The second-order valence-electron chi connectivity index (χ2n) is 7.22. The van der Waals surface area contributed by atoms with E-state index in [1.165, 1.54) is 4.68 Å². The molecule has 8 heteroatoms. The van der Waals surface area contributed by atoms with Gasteiger partial charge in [-0.25, -0.2) is 4.68 Å². The molecule has 2 N–H and O–H groups in total. The van der Waals surface area contributed by atoms with E-state index in [2.05, 4.69) is 32.5 Å². The molecule has 3 aromatic rings. The minimum absolute atomic E-state index is 0.00605. The Balaban J connectivity index is 1.94. The molecule has 0 unspecified atom stereocenters. The van der Waals surface area contributed by atoms with Gasteiger partial charge in [0, 0.05) is 31.9 Å². The Morgan fingerprint density at radius 2 is 1.86 bits per heavy atom. The summed E-state index contributed by atoms with van der Waals surface area (Å²) in [4.78, 5) is 30.6. The van der Waals surface area contributed by atoms with E-state index >= 15 is 0 Å². The van der Waals surface area contributed by atoms with E-state index in [0.29, 0.717) is 22.3 Å². The smallest absolute Gasteiger partial charge is 0.276 e. The van der Waals surface area contributed by atoms with Crippen LogP contribution < -0.4 is 16.2 Å². The van der Waals surface area contributed by atoms with Gasteiger partial charge < -0.3 is 15.5 Å². The number of nitrogens with one attached hydrogen (secondary N) is 2. The number of nitrogens with zero attached hydrogens (tertiary/aromatic N) is 4. The van der Waals surface area contributed by atoms with Crippen LogP contribution in [-0.2, 0) is 7.05 Å². The van der Waals surface area contributed by atoms with E-state index in [1.807, 2.05) is 38.4 Å². The van der Waals surface area contributed by atoms with Gasteiger partial charge in [-0.05, 0) is 50.8 Å². The lowest BCUT2D eigenvalue weighted by Crippen LogP contribution is -2.35. The maximum atomic E-state index is 12.3. The minimum Gasteiger partial charge on any atom is -0.362 e. The molecular formula is C21H26N6O2. The van der Waals surface area contributed by atoms with Crippen LogP contribution in [0, 0.1) is 0 Å². The Kier molecular flexibility index (Phi) is 5.93. The number of anilines is 1. The molecule has 0 aliphatic heterocycles. The summed E-state index contributed by atoms with van der Waals surface area (Å²) < 4.78 is 1.32. The van der Waals surface area contributed by atoms with Crippen LogP contribution in [-0.4, -0.2) is 52.8 Å². The molecule has 0 fully saturated rings. The molecule has 0 saturated heterocycles. The summed E-state index contributed by atoms with van der Waals surface area (Å²) in [5.41, 5.74) is 2.05. The predicted octanol–water partition coefficient (Wildman–Crippen LogP) is 1.79. The third-order valence-electron chi connectivity index (χ3n) is 4.94. The molecule has 8 nitrogen and oxygen atoms in total. The number of amides is 1.